The van der Waals surface area contributed by atoms with E-state index in [4.69, 9.17) is 0 Å². The number of rotatable bonds is 42. The molecule has 0 saturated carbocycles. The molecule has 49 heavy (non-hydrogen) atoms. The molecule has 0 aromatic carbocycles. The lowest BCUT2D eigenvalue weighted by Crippen LogP contribution is -2.11. The molecule has 0 aliphatic heterocycles. The summed E-state index contributed by atoms with van der Waals surface area (Å²) < 4.78 is 0. The van der Waals surface area contributed by atoms with Crippen LogP contribution >= 0.6 is 205 Å². The summed E-state index contributed by atoms with van der Waals surface area (Å²) in [5, 5.41) is 3.02. The molecule has 0 amide bonds. The molecule has 0 aromatic heterocycles. The molecule has 0 aliphatic rings. The highest BCUT2D eigenvalue weighted by Gasteiger charge is 2.12. The van der Waals surface area contributed by atoms with Crippen molar-refractivity contribution in [2.24, 2.45) is 0 Å². The summed E-state index contributed by atoms with van der Waals surface area (Å²) in [6, 6.07) is 0. The predicted molar refractivity (Wildman–Crippen MR) is 288 cm³/mol. The van der Waals surface area contributed by atoms with Crippen molar-refractivity contribution in [1.29, 1.82) is 0 Å². The fourth-order valence-corrected chi connectivity index (χ4v) is 20.5. The van der Waals surface area contributed by atoms with Gasteiger partial charge in [-0.3, -0.25) is 0 Å². The van der Waals surface area contributed by atoms with Crippen LogP contribution in [0.2, 0.25) is 0 Å². The molecule has 0 N–H and O–H groups in total. The minimum absolute atomic E-state index is 0.746. The first-order chi connectivity index (χ1) is 24.1. The maximum atomic E-state index is 4.56. The van der Waals surface area contributed by atoms with Gasteiger partial charge in [-0.25, -0.2) is 0 Å². The molecule has 4 unspecified atom stereocenters. The maximum absolute atomic E-state index is 4.56. The Morgan fingerprint density at radius 3 is 0.776 bits per heavy atom. The smallest absolute Gasteiger partial charge is 0.0146 e. The van der Waals surface area contributed by atoms with Gasteiger partial charge < -0.3 is 0 Å². The molecule has 0 spiro atoms. The van der Waals surface area contributed by atoms with Crippen LogP contribution in [-0.4, -0.2) is 159 Å². The van der Waals surface area contributed by atoms with Crippen LogP contribution in [0.3, 0.4) is 0 Å². The fraction of sp³-hybridized carbons (Fsp3) is 1.00. The Bertz CT molecular complexity index is 624. The van der Waals surface area contributed by atoms with Crippen molar-refractivity contribution in [3.05, 3.63) is 0 Å². The van der Waals surface area contributed by atoms with Crippen LogP contribution in [0.25, 0.3) is 0 Å². The van der Waals surface area contributed by atoms with Gasteiger partial charge in [0.1, 0.15) is 0 Å². The quantitative estimate of drug-likeness (QED) is 0.0256. The molecule has 4 atom stereocenters. The van der Waals surface area contributed by atoms with Gasteiger partial charge in [0.25, 0.3) is 0 Å². The third-order valence-electron chi connectivity index (χ3n) is 6.56. The lowest BCUT2D eigenvalue weighted by atomic mass is 10.4. The number of hydrogen-bond acceptors (Lipinski definition) is 17. The van der Waals surface area contributed by atoms with Crippen LogP contribution in [0.4, 0.5) is 0 Å². The van der Waals surface area contributed by atoms with Gasteiger partial charge in [0.2, 0.25) is 0 Å². The Morgan fingerprint density at radius 2 is 0.490 bits per heavy atom. The van der Waals surface area contributed by atoms with E-state index in [1.807, 2.05) is 11.8 Å². The van der Waals surface area contributed by atoms with E-state index < -0.39 is 0 Å². The molecule has 0 fully saturated rings. The van der Waals surface area contributed by atoms with Gasteiger partial charge in [-0.1, -0.05) is 0 Å². The first-order valence-corrected chi connectivity index (χ1v) is 33.4. The highest BCUT2D eigenvalue weighted by atomic mass is 32.2. The van der Waals surface area contributed by atoms with Crippen molar-refractivity contribution in [1.82, 2.24) is 0 Å². The lowest BCUT2D eigenvalue weighted by molar-refractivity contribution is 0.930. The molecule has 0 saturated heterocycles. The van der Waals surface area contributed by atoms with Crippen LogP contribution in [-0.2, 0) is 0 Å². The zero-order valence-electron chi connectivity index (χ0n) is 29.3. The van der Waals surface area contributed by atoms with Gasteiger partial charge in [-0.15, -0.1) is 0 Å². The zero-order valence-corrected chi connectivity index (χ0v) is 43.6. The molecule has 0 heterocycles. The second-order valence-electron chi connectivity index (χ2n) is 10.6. The van der Waals surface area contributed by atoms with Crippen LogP contribution in [0.5, 0.6) is 0 Å². The minimum atomic E-state index is 0.746. The molecule has 17 heteroatoms. The Morgan fingerprint density at radius 1 is 0.245 bits per heavy atom. The van der Waals surface area contributed by atoms with Gasteiger partial charge in [-0.2, -0.15) is 205 Å². The van der Waals surface area contributed by atoms with E-state index >= 15 is 0 Å². The van der Waals surface area contributed by atoms with Crippen molar-refractivity contribution >= 4 is 205 Å². The molecule has 0 aliphatic carbocycles. The minimum Gasteiger partial charge on any atom is -0.179 e. The molecule has 0 radical (unpaired) electrons. The van der Waals surface area contributed by atoms with Crippen LogP contribution in [0.1, 0.15) is 25.7 Å². The highest BCUT2D eigenvalue weighted by Crippen LogP contribution is 2.26. The van der Waals surface area contributed by atoms with Crippen molar-refractivity contribution in [3.8, 4) is 0 Å². The number of hydrogen-bond donors (Lipinski definition) is 6. The van der Waals surface area contributed by atoms with E-state index in [0.29, 0.717) is 0 Å². The van der Waals surface area contributed by atoms with E-state index in [1.165, 1.54) is 118 Å². The maximum Gasteiger partial charge on any atom is 0.0146 e. The summed E-state index contributed by atoms with van der Waals surface area (Å²) >= 11 is 50.2. The lowest BCUT2D eigenvalue weighted by Gasteiger charge is -2.16. The summed E-state index contributed by atoms with van der Waals surface area (Å²) in [5.74, 6) is 28.7. The molecule has 0 rings (SSSR count). The molecule has 0 bridgehead atoms. The van der Waals surface area contributed by atoms with Crippen molar-refractivity contribution in [3.63, 3.8) is 0 Å². The Kier molecular flexibility index (Phi) is 52.3. The van der Waals surface area contributed by atoms with Crippen molar-refractivity contribution in [2.45, 2.75) is 46.7 Å². The molecule has 296 valence electrons. The second-order valence-corrected chi connectivity index (χ2v) is 27.2. The predicted octanol–water partition coefficient (Wildman–Crippen LogP) is 11.7. The standard InChI is InChI=1S/C32H66S17/c33-5-1-29(46-12-10-38)26-43-16-13-39-20-23-48-31(3-7-35)28-45-18-15-41-21-24-49-32(4-8-36)27-44-17-14-40-19-22-47-30(2-6-34)25-42-11-9-37/h29-38H,1-28H2. The summed E-state index contributed by atoms with van der Waals surface area (Å²) in [6.07, 6.45) is 4.91. The third-order valence-corrected chi connectivity index (χ3v) is 23.8. The van der Waals surface area contributed by atoms with Gasteiger partial charge in [0.15, 0.2) is 0 Å². The first kappa shape index (κ1) is 54.9. The van der Waals surface area contributed by atoms with Gasteiger partial charge in [-0.05, 0) is 60.2 Å². The van der Waals surface area contributed by atoms with Crippen LogP contribution in [0, 0.1) is 0 Å². The summed E-state index contributed by atoms with van der Waals surface area (Å²) in [4.78, 5) is 0. The molecular formula is C32H66S17. The van der Waals surface area contributed by atoms with Gasteiger partial charge in [0.05, 0.1) is 0 Å². The molecule has 0 nitrogen and oxygen atoms in total. The normalized spacial score (nSPS) is 14.3. The van der Waals surface area contributed by atoms with Gasteiger partial charge >= 0.3 is 0 Å². The third kappa shape index (κ3) is 40.5. The SMILES string of the molecule is SCCSCC(CCS)SCCSCCSCC(CCS)SCCSCCSCC(CCS)SCCSCCSCC(CCS)SCCS. The summed E-state index contributed by atoms with van der Waals surface area (Å²) in [6.45, 7) is 0. The molecule has 0 aromatic rings. The Balaban J connectivity index is 3.81. The number of thiol groups is 6. The largest absolute Gasteiger partial charge is 0.179 e. The van der Waals surface area contributed by atoms with E-state index in [9.17, 15) is 0 Å². The average Bonchev–Trinajstić information content (AvgIpc) is 3.10. The monoisotopic (exact) mass is 994 g/mol. The topological polar surface area (TPSA) is 0 Å². The number of thioether (sulfide) groups is 11. The van der Waals surface area contributed by atoms with Crippen molar-refractivity contribution < 1.29 is 0 Å². The summed E-state index contributed by atoms with van der Waals surface area (Å²) in [7, 11) is 0. The van der Waals surface area contributed by atoms with Crippen molar-refractivity contribution in [2.75, 3.05) is 138 Å². The van der Waals surface area contributed by atoms with Gasteiger partial charge in [0, 0.05) is 125 Å². The fourth-order valence-electron chi connectivity index (χ4n) is 4.06. The Labute approximate surface area is 384 Å². The van der Waals surface area contributed by atoms with E-state index in [-0.39, 0.29) is 0 Å². The first-order valence-electron chi connectivity index (χ1n) is 17.3. The van der Waals surface area contributed by atoms with E-state index in [0.717, 1.165) is 67.0 Å². The van der Waals surface area contributed by atoms with Crippen LogP contribution < -0.4 is 0 Å². The highest BCUT2D eigenvalue weighted by molar-refractivity contribution is 8.08. The zero-order chi connectivity index (χ0) is 35.9. The second kappa shape index (κ2) is 46.6. The van der Waals surface area contributed by atoms with E-state index in [1.54, 1.807) is 0 Å². The summed E-state index contributed by atoms with van der Waals surface area (Å²) in [5.41, 5.74) is 0. The van der Waals surface area contributed by atoms with Crippen LogP contribution in [0.15, 0.2) is 0 Å². The van der Waals surface area contributed by atoms with E-state index in [2.05, 4.69) is 193 Å². The Hall–Kier alpha value is 5.95. The molecular weight excluding hydrogens is 929 g/mol. The average molecular weight is 996 g/mol.